The van der Waals surface area contributed by atoms with Crippen molar-refractivity contribution in [1.82, 2.24) is 14.9 Å². The van der Waals surface area contributed by atoms with Gasteiger partial charge in [0.2, 0.25) is 0 Å². The molecule has 0 spiro atoms. The molecule has 2 aliphatic heterocycles. The summed E-state index contributed by atoms with van der Waals surface area (Å²) in [6, 6.07) is 4.69. The maximum absolute atomic E-state index is 5.72. The van der Waals surface area contributed by atoms with Crippen LogP contribution in [-0.4, -0.2) is 67.0 Å². The minimum absolute atomic E-state index is 0.426. The minimum atomic E-state index is 0.426. The van der Waals surface area contributed by atoms with Gasteiger partial charge in [-0.15, -0.1) is 22.7 Å². The molecule has 2 fully saturated rings. The molecule has 6 nitrogen and oxygen atoms in total. The fraction of sp³-hybridized carbons (Fsp3) is 0.524. The van der Waals surface area contributed by atoms with Gasteiger partial charge < -0.3 is 14.8 Å². The molecule has 3 aromatic rings. The number of aryl methyl sites for hydroxylation is 1. The summed E-state index contributed by atoms with van der Waals surface area (Å²) in [7, 11) is 0. The maximum Gasteiger partial charge on any atom is 0.139 e. The summed E-state index contributed by atoms with van der Waals surface area (Å²) in [6.07, 6.45) is 1.13. The van der Waals surface area contributed by atoms with Crippen LogP contribution in [0.25, 0.3) is 20.7 Å². The quantitative estimate of drug-likeness (QED) is 0.641. The summed E-state index contributed by atoms with van der Waals surface area (Å²) in [5.74, 6) is 2.32. The van der Waals surface area contributed by atoms with Crippen LogP contribution in [0.4, 0.5) is 5.82 Å². The van der Waals surface area contributed by atoms with E-state index in [1.165, 1.54) is 10.4 Å². The summed E-state index contributed by atoms with van der Waals surface area (Å²) in [5.41, 5.74) is 1.23. The molecule has 1 N–H and O–H groups in total. The lowest BCUT2D eigenvalue weighted by Crippen LogP contribution is -2.50. The Morgan fingerprint density at radius 1 is 1.21 bits per heavy atom. The van der Waals surface area contributed by atoms with Crippen molar-refractivity contribution < 1.29 is 9.47 Å². The second-order valence-electron chi connectivity index (χ2n) is 7.65. The van der Waals surface area contributed by atoms with Crippen LogP contribution >= 0.6 is 22.7 Å². The number of hydrogen-bond acceptors (Lipinski definition) is 8. The molecule has 5 heterocycles. The molecule has 0 radical (unpaired) electrons. The third-order valence-corrected chi connectivity index (χ3v) is 7.61. The molecule has 0 bridgehead atoms. The molecular formula is C21H26N4O2S2. The second-order valence-corrected chi connectivity index (χ2v) is 9.45. The van der Waals surface area contributed by atoms with Crippen molar-refractivity contribution >= 4 is 38.7 Å². The number of rotatable bonds is 6. The summed E-state index contributed by atoms with van der Waals surface area (Å²) in [5, 5.41) is 9.19. The highest BCUT2D eigenvalue weighted by molar-refractivity contribution is 7.18. The second kappa shape index (κ2) is 8.65. The van der Waals surface area contributed by atoms with E-state index >= 15 is 0 Å². The lowest BCUT2D eigenvalue weighted by atomic mass is 9.97. The molecule has 8 heteroatoms. The third-order valence-electron chi connectivity index (χ3n) is 5.83. The van der Waals surface area contributed by atoms with E-state index < -0.39 is 0 Å². The van der Waals surface area contributed by atoms with Gasteiger partial charge in [-0.2, -0.15) is 0 Å². The number of aromatic nitrogens is 2. The van der Waals surface area contributed by atoms with E-state index in [9.17, 15) is 0 Å². The van der Waals surface area contributed by atoms with Crippen LogP contribution in [0.2, 0.25) is 0 Å². The number of hydrogen-bond donors (Lipinski definition) is 1. The highest BCUT2D eigenvalue weighted by atomic mass is 32.1. The molecule has 2 aliphatic rings. The Morgan fingerprint density at radius 3 is 2.86 bits per heavy atom. The Kier molecular flexibility index (Phi) is 5.78. The van der Waals surface area contributed by atoms with E-state index in [4.69, 9.17) is 14.5 Å². The van der Waals surface area contributed by atoms with Gasteiger partial charge in [0.1, 0.15) is 16.5 Å². The van der Waals surface area contributed by atoms with Crippen molar-refractivity contribution in [2.75, 3.05) is 51.4 Å². The van der Waals surface area contributed by atoms with Crippen LogP contribution in [-0.2, 0) is 9.47 Å². The van der Waals surface area contributed by atoms with Crippen molar-refractivity contribution in [3.8, 4) is 10.4 Å². The van der Waals surface area contributed by atoms with Gasteiger partial charge in [-0.1, -0.05) is 6.07 Å². The zero-order chi connectivity index (χ0) is 19.6. The monoisotopic (exact) mass is 430 g/mol. The Hall–Kier alpha value is -1.58. The predicted molar refractivity (Wildman–Crippen MR) is 119 cm³/mol. The highest BCUT2D eigenvalue weighted by Crippen LogP contribution is 2.39. The first kappa shape index (κ1) is 19.4. The number of thiophene rings is 2. The molecule has 0 aromatic carbocycles. The van der Waals surface area contributed by atoms with Gasteiger partial charge in [-0.05, 0) is 24.8 Å². The Morgan fingerprint density at radius 2 is 2.10 bits per heavy atom. The molecule has 154 valence electrons. The summed E-state index contributed by atoms with van der Waals surface area (Å²) in [6.45, 7) is 8.15. The van der Waals surface area contributed by atoms with Gasteiger partial charge in [-0.3, -0.25) is 4.90 Å². The van der Waals surface area contributed by atoms with Crippen LogP contribution in [0.1, 0.15) is 12.2 Å². The van der Waals surface area contributed by atoms with Gasteiger partial charge in [-0.25, -0.2) is 9.97 Å². The smallest absolute Gasteiger partial charge is 0.139 e. The van der Waals surface area contributed by atoms with Crippen LogP contribution in [0.5, 0.6) is 0 Å². The molecule has 2 saturated heterocycles. The molecular weight excluding hydrogens is 404 g/mol. The summed E-state index contributed by atoms with van der Waals surface area (Å²) < 4.78 is 11.3. The van der Waals surface area contributed by atoms with E-state index in [2.05, 4.69) is 38.1 Å². The highest BCUT2D eigenvalue weighted by Gasteiger charge is 2.31. The molecule has 5 rings (SSSR count). The van der Waals surface area contributed by atoms with Crippen molar-refractivity contribution in [3.05, 3.63) is 28.7 Å². The largest absolute Gasteiger partial charge is 0.381 e. The molecule has 0 unspecified atom stereocenters. The fourth-order valence-corrected chi connectivity index (χ4v) is 6.16. The average molecular weight is 431 g/mol. The van der Waals surface area contributed by atoms with E-state index in [0.29, 0.717) is 12.0 Å². The topological polar surface area (TPSA) is 59.5 Å². The van der Waals surface area contributed by atoms with Gasteiger partial charge in [0.15, 0.2) is 0 Å². The van der Waals surface area contributed by atoms with Crippen molar-refractivity contribution in [3.63, 3.8) is 0 Å². The van der Waals surface area contributed by atoms with Crippen molar-refractivity contribution in [2.45, 2.75) is 19.4 Å². The lowest BCUT2D eigenvalue weighted by Gasteiger charge is -2.37. The summed E-state index contributed by atoms with van der Waals surface area (Å²) >= 11 is 3.46. The number of anilines is 1. The van der Waals surface area contributed by atoms with E-state index in [1.54, 1.807) is 22.7 Å². The minimum Gasteiger partial charge on any atom is -0.381 e. The molecule has 0 aliphatic carbocycles. The third kappa shape index (κ3) is 4.04. The zero-order valence-corrected chi connectivity index (χ0v) is 18.2. The van der Waals surface area contributed by atoms with Gasteiger partial charge >= 0.3 is 0 Å². The normalized spacial score (nSPS) is 21.6. The standard InChI is InChI=1S/C21H26N4O2S2/c1-14-23-20(19-16(13-29-21(19)24-14)18-3-2-10-28-18)22-11-17(15-4-7-27-12-15)25-5-8-26-9-6-25/h2-3,10,13,15,17H,4-9,11-12H2,1H3,(H,22,23,24)/t15-,17+/m1/s1. The predicted octanol–water partition coefficient (Wildman–Crippen LogP) is 3.88. The molecule has 29 heavy (non-hydrogen) atoms. The number of morpholine rings is 1. The Balaban J connectivity index is 1.44. The lowest BCUT2D eigenvalue weighted by molar-refractivity contribution is 0.00460. The zero-order valence-electron chi connectivity index (χ0n) is 16.6. The first-order chi connectivity index (χ1) is 14.3. The molecule has 0 saturated carbocycles. The fourth-order valence-electron chi connectivity index (χ4n) is 4.35. The van der Waals surface area contributed by atoms with Crippen LogP contribution in [0.15, 0.2) is 22.9 Å². The number of nitrogens with one attached hydrogen (secondary N) is 1. The van der Waals surface area contributed by atoms with E-state index in [1.807, 2.05) is 6.92 Å². The molecule has 2 atom stereocenters. The van der Waals surface area contributed by atoms with Crippen LogP contribution < -0.4 is 5.32 Å². The first-order valence-electron chi connectivity index (χ1n) is 10.2. The van der Waals surface area contributed by atoms with Gasteiger partial charge in [0, 0.05) is 54.0 Å². The van der Waals surface area contributed by atoms with Crippen molar-refractivity contribution in [2.24, 2.45) is 5.92 Å². The number of ether oxygens (including phenoxy) is 2. The number of nitrogens with zero attached hydrogens (tertiary/aromatic N) is 3. The molecule has 0 amide bonds. The number of fused-ring (bicyclic) bond motifs is 1. The van der Waals surface area contributed by atoms with Crippen LogP contribution in [0, 0.1) is 12.8 Å². The van der Waals surface area contributed by atoms with E-state index in [0.717, 1.165) is 74.3 Å². The Bertz CT molecular complexity index is 947. The van der Waals surface area contributed by atoms with Gasteiger partial charge in [0.25, 0.3) is 0 Å². The summed E-state index contributed by atoms with van der Waals surface area (Å²) in [4.78, 5) is 14.4. The van der Waals surface area contributed by atoms with E-state index in [-0.39, 0.29) is 0 Å². The first-order valence-corrected chi connectivity index (χ1v) is 12.0. The van der Waals surface area contributed by atoms with Crippen molar-refractivity contribution in [1.29, 1.82) is 0 Å². The van der Waals surface area contributed by atoms with Gasteiger partial charge in [0.05, 0.1) is 25.2 Å². The SMILES string of the molecule is Cc1nc(NC[C@@H]([C@@H]2CCOC2)N2CCOCC2)c2c(-c3cccs3)csc2n1. The maximum atomic E-state index is 5.72. The molecule has 3 aromatic heterocycles. The average Bonchev–Trinajstić information content (AvgIpc) is 3.50. The Labute approximate surface area is 178 Å². The van der Waals surface area contributed by atoms with Crippen LogP contribution in [0.3, 0.4) is 0 Å².